The summed E-state index contributed by atoms with van der Waals surface area (Å²) in [6, 6.07) is 4.77. The summed E-state index contributed by atoms with van der Waals surface area (Å²) in [4.78, 5) is 14.0. The first-order valence-corrected chi connectivity index (χ1v) is 9.09. The van der Waals surface area contributed by atoms with Crippen LogP contribution in [-0.2, 0) is 10.9 Å². The predicted molar refractivity (Wildman–Crippen MR) is 89.5 cm³/mol. The Morgan fingerprint density at radius 1 is 1.16 bits per heavy atom. The van der Waals surface area contributed by atoms with Gasteiger partial charge in [-0.1, -0.05) is 26.2 Å². The molecule has 1 saturated carbocycles. The molecule has 138 valence electrons. The molecule has 0 aromatic heterocycles. The second-order valence-corrected chi connectivity index (χ2v) is 7.01. The maximum Gasteiger partial charge on any atom is 0.416 e. The fourth-order valence-corrected chi connectivity index (χ4v) is 4.08. The van der Waals surface area contributed by atoms with E-state index >= 15 is 0 Å². The normalized spacial score (nSPS) is 27.0. The average Bonchev–Trinajstić information content (AvgIpc) is 2.77. The molecular weight excluding hydrogens is 331 g/mol. The molecule has 1 aromatic rings. The van der Waals surface area contributed by atoms with Crippen LogP contribution in [0.4, 0.5) is 23.7 Å². The molecule has 3 atom stereocenters. The molecular formula is C19H24F3NO2. The Hall–Kier alpha value is -1.72. The highest BCUT2D eigenvalue weighted by Gasteiger charge is 2.47. The van der Waals surface area contributed by atoms with Gasteiger partial charge in [-0.15, -0.1) is 0 Å². The van der Waals surface area contributed by atoms with Gasteiger partial charge in [0.15, 0.2) is 0 Å². The van der Waals surface area contributed by atoms with Gasteiger partial charge in [-0.2, -0.15) is 13.2 Å². The van der Waals surface area contributed by atoms with E-state index in [2.05, 4.69) is 6.92 Å². The van der Waals surface area contributed by atoms with Crippen molar-refractivity contribution in [2.24, 2.45) is 5.92 Å². The molecule has 2 aliphatic rings. The van der Waals surface area contributed by atoms with Crippen molar-refractivity contribution in [3.63, 3.8) is 0 Å². The summed E-state index contributed by atoms with van der Waals surface area (Å²) in [5.41, 5.74) is -0.210. The number of benzene rings is 1. The summed E-state index contributed by atoms with van der Waals surface area (Å²) in [7, 11) is 0. The molecule has 25 heavy (non-hydrogen) atoms. The van der Waals surface area contributed by atoms with Crippen LogP contribution in [0.1, 0.15) is 57.4 Å². The number of hydrogen-bond donors (Lipinski definition) is 0. The van der Waals surface area contributed by atoms with Crippen LogP contribution in [0.3, 0.4) is 0 Å². The lowest BCUT2D eigenvalue weighted by Crippen LogP contribution is -2.42. The van der Waals surface area contributed by atoms with Crippen molar-refractivity contribution in [1.82, 2.24) is 0 Å². The van der Waals surface area contributed by atoms with Crippen LogP contribution < -0.4 is 4.90 Å². The summed E-state index contributed by atoms with van der Waals surface area (Å²) >= 11 is 0. The van der Waals surface area contributed by atoms with E-state index in [-0.39, 0.29) is 12.1 Å². The number of fused-ring (bicyclic) bond motifs is 1. The van der Waals surface area contributed by atoms with E-state index in [0.717, 1.165) is 57.1 Å². The topological polar surface area (TPSA) is 29.5 Å². The highest BCUT2D eigenvalue weighted by Crippen LogP contribution is 2.40. The Morgan fingerprint density at radius 3 is 2.48 bits per heavy atom. The molecule has 0 N–H and O–H groups in total. The highest BCUT2D eigenvalue weighted by molar-refractivity contribution is 5.90. The van der Waals surface area contributed by atoms with Gasteiger partial charge in [-0.05, 0) is 55.9 Å². The Balaban J connectivity index is 1.88. The monoisotopic (exact) mass is 355 g/mol. The van der Waals surface area contributed by atoms with Crippen LogP contribution in [0, 0.1) is 5.92 Å². The van der Waals surface area contributed by atoms with Crippen LogP contribution in [-0.4, -0.2) is 18.2 Å². The second-order valence-electron chi connectivity index (χ2n) is 7.01. The Bertz CT molecular complexity index is 600. The largest absolute Gasteiger partial charge is 0.444 e. The van der Waals surface area contributed by atoms with Crippen molar-refractivity contribution in [2.75, 3.05) is 4.90 Å². The second kappa shape index (κ2) is 7.26. The molecule has 2 fully saturated rings. The molecule has 0 radical (unpaired) electrons. The molecule has 1 aliphatic carbocycles. The third-order valence-corrected chi connectivity index (χ3v) is 5.33. The summed E-state index contributed by atoms with van der Waals surface area (Å²) in [5.74, 6) is 0.334. The average molecular weight is 355 g/mol. The number of ether oxygens (including phenoxy) is 1. The molecule has 1 heterocycles. The smallest absolute Gasteiger partial charge is 0.416 e. The van der Waals surface area contributed by atoms with Crippen LogP contribution in [0.5, 0.6) is 0 Å². The van der Waals surface area contributed by atoms with E-state index in [1.807, 2.05) is 0 Å². The number of halogens is 3. The predicted octanol–water partition coefficient (Wildman–Crippen LogP) is 5.78. The first-order valence-electron chi connectivity index (χ1n) is 9.09. The molecule has 0 unspecified atom stereocenters. The Labute approximate surface area is 146 Å². The van der Waals surface area contributed by atoms with E-state index in [0.29, 0.717) is 11.6 Å². The van der Waals surface area contributed by atoms with E-state index in [1.54, 1.807) is 4.90 Å². The number of carbonyl (C=O) groups excluding carboxylic acids is 1. The van der Waals surface area contributed by atoms with Crippen LogP contribution in [0.25, 0.3) is 0 Å². The van der Waals surface area contributed by atoms with Crippen LogP contribution >= 0.6 is 0 Å². The number of amides is 1. The maximum atomic E-state index is 12.8. The van der Waals surface area contributed by atoms with Crippen molar-refractivity contribution in [3.8, 4) is 0 Å². The highest BCUT2D eigenvalue weighted by atomic mass is 19.4. The molecule has 0 bridgehead atoms. The molecule has 3 nitrogen and oxygen atoms in total. The van der Waals surface area contributed by atoms with Gasteiger partial charge in [0.25, 0.3) is 0 Å². The van der Waals surface area contributed by atoms with Crippen LogP contribution in [0.2, 0.25) is 0 Å². The number of hydrogen-bond acceptors (Lipinski definition) is 2. The van der Waals surface area contributed by atoms with Crippen molar-refractivity contribution < 1.29 is 22.7 Å². The summed E-state index contributed by atoms with van der Waals surface area (Å²) in [5, 5.41) is 0. The molecule has 1 aliphatic heterocycles. The molecule has 1 saturated heterocycles. The van der Waals surface area contributed by atoms with Gasteiger partial charge in [0.1, 0.15) is 6.10 Å². The number of carbonyl (C=O) groups is 1. The van der Waals surface area contributed by atoms with Gasteiger partial charge in [0.05, 0.1) is 11.6 Å². The van der Waals surface area contributed by atoms with Crippen molar-refractivity contribution in [2.45, 2.75) is 70.2 Å². The standard InChI is InChI=1S/C19H24F3NO2/c1-2-3-6-13-7-4-5-8-16-17(13)23(18(24)25-16)15-11-9-14(10-12-15)19(20,21)22/h9-13,16-17H,2-8H2,1H3/t13-,16-,17-/m1/s1. The lowest BCUT2D eigenvalue weighted by Gasteiger charge is -2.30. The minimum atomic E-state index is -4.38. The zero-order valence-corrected chi connectivity index (χ0v) is 14.4. The third-order valence-electron chi connectivity index (χ3n) is 5.33. The molecule has 0 spiro atoms. The quantitative estimate of drug-likeness (QED) is 0.685. The molecule has 6 heteroatoms. The van der Waals surface area contributed by atoms with E-state index in [4.69, 9.17) is 4.74 Å². The fourth-order valence-electron chi connectivity index (χ4n) is 4.08. The fraction of sp³-hybridized carbons (Fsp3) is 0.632. The molecule has 1 amide bonds. The molecule has 3 rings (SSSR count). The van der Waals surface area contributed by atoms with E-state index < -0.39 is 17.8 Å². The van der Waals surface area contributed by atoms with E-state index in [9.17, 15) is 18.0 Å². The van der Waals surface area contributed by atoms with Gasteiger partial charge in [0, 0.05) is 5.69 Å². The van der Waals surface area contributed by atoms with Gasteiger partial charge in [0.2, 0.25) is 0 Å². The zero-order valence-electron chi connectivity index (χ0n) is 14.4. The zero-order chi connectivity index (χ0) is 18.0. The van der Waals surface area contributed by atoms with Gasteiger partial charge < -0.3 is 4.74 Å². The van der Waals surface area contributed by atoms with Gasteiger partial charge in [-0.3, -0.25) is 4.90 Å². The maximum absolute atomic E-state index is 12.8. The first-order chi connectivity index (χ1) is 11.9. The number of rotatable bonds is 4. The van der Waals surface area contributed by atoms with E-state index in [1.165, 1.54) is 12.1 Å². The minimum Gasteiger partial charge on any atom is -0.444 e. The molecule has 1 aromatic carbocycles. The number of alkyl halides is 3. The SMILES string of the molecule is CCCC[C@@H]1CCCC[C@H]2OC(=O)N(c3ccc(C(F)(F)F)cc3)[C@H]12. The number of nitrogens with zero attached hydrogens (tertiary/aromatic N) is 1. The lowest BCUT2D eigenvalue weighted by molar-refractivity contribution is -0.137. The van der Waals surface area contributed by atoms with Crippen molar-refractivity contribution in [3.05, 3.63) is 29.8 Å². The lowest BCUT2D eigenvalue weighted by atomic mass is 9.87. The summed E-state index contributed by atoms with van der Waals surface area (Å²) < 4.78 is 44.0. The van der Waals surface area contributed by atoms with Gasteiger partial charge >= 0.3 is 12.3 Å². The number of unbranched alkanes of at least 4 members (excludes halogenated alkanes) is 1. The van der Waals surface area contributed by atoms with Crippen molar-refractivity contribution >= 4 is 11.8 Å². The number of anilines is 1. The Morgan fingerprint density at radius 2 is 1.84 bits per heavy atom. The first kappa shape index (κ1) is 18.1. The summed E-state index contributed by atoms with van der Waals surface area (Å²) in [6.45, 7) is 2.14. The van der Waals surface area contributed by atoms with Crippen LogP contribution in [0.15, 0.2) is 24.3 Å². The summed E-state index contributed by atoms with van der Waals surface area (Å²) in [6.07, 6.45) is 2.23. The van der Waals surface area contributed by atoms with Gasteiger partial charge in [-0.25, -0.2) is 4.79 Å². The Kier molecular flexibility index (Phi) is 5.25. The third kappa shape index (κ3) is 3.77. The minimum absolute atomic E-state index is 0.0710. The van der Waals surface area contributed by atoms with Crippen molar-refractivity contribution in [1.29, 1.82) is 0 Å².